The van der Waals surface area contributed by atoms with E-state index in [-0.39, 0.29) is 29.4 Å². The molecule has 0 saturated carbocycles. The molecular weight excluding hydrogens is 471 g/mol. The van der Waals surface area contributed by atoms with Crippen LogP contribution >= 0.6 is 32.0 Å². The highest BCUT2D eigenvalue weighted by atomic mass is 35.5. The van der Waals surface area contributed by atoms with E-state index in [1.54, 1.807) is 11.4 Å². The lowest BCUT2D eigenvalue weighted by Gasteiger charge is -2.36. The van der Waals surface area contributed by atoms with Gasteiger partial charge in [-0.25, -0.2) is 0 Å². The normalized spacial score (nSPS) is 19.2. The minimum absolute atomic E-state index is 0.0188. The first kappa shape index (κ1) is 25.5. The molecule has 0 bridgehead atoms. The van der Waals surface area contributed by atoms with Crippen LogP contribution in [0.15, 0.2) is 23.1 Å². The van der Waals surface area contributed by atoms with Crippen molar-refractivity contribution in [1.82, 2.24) is 9.55 Å². The fourth-order valence-corrected chi connectivity index (χ4v) is 5.20. The van der Waals surface area contributed by atoms with Gasteiger partial charge >= 0.3 is 8.17 Å². The summed E-state index contributed by atoms with van der Waals surface area (Å²) in [5.74, 6) is 0.474. The molecule has 3 rings (SSSR count). The molecule has 2 unspecified atom stereocenters. The van der Waals surface area contributed by atoms with Gasteiger partial charge in [-0.1, -0.05) is 30.1 Å². The van der Waals surface area contributed by atoms with Crippen molar-refractivity contribution in [1.29, 1.82) is 0 Å². The van der Waals surface area contributed by atoms with E-state index in [2.05, 4.69) is 4.98 Å². The molecule has 0 amide bonds. The Bertz CT molecular complexity index is 1120. The molecule has 8 nitrogen and oxygen atoms in total. The molecule has 14 heteroatoms. The van der Waals surface area contributed by atoms with Crippen LogP contribution in [0.5, 0.6) is 5.75 Å². The van der Waals surface area contributed by atoms with Crippen LogP contribution in [0.3, 0.4) is 0 Å². The van der Waals surface area contributed by atoms with Crippen molar-refractivity contribution in [3.8, 4) is 5.75 Å². The topological polar surface area (TPSA) is 94.9 Å². The SMILES string of the molecule is [B]C([B])(O[P+]1(O)OCc2cc(C)cc(C)c2O1)C(CCn1cc(Cl)c(=O)[nH]c1=S)O[B]C. The van der Waals surface area contributed by atoms with Crippen LogP contribution in [0.4, 0.5) is 0 Å². The second-order valence-electron chi connectivity index (χ2n) is 7.43. The quantitative estimate of drug-likeness (QED) is 0.333. The highest BCUT2D eigenvalue weighted by Crippen LogP contribution is 2.64. The van der Waals surface area contributed by atoms with E-state index in [0.29, 0.717) is 5.75 Å². The van der Waals surface area contributed by atoms with Crippen LogP contribution in [0.1, 0.15) is 23.1 Å². The van der Waals surface area contributed by atoms with Gasteiger partial charge < -0.3 is 9.22 Å². The predicted molar refractivity (Wildman–Crippen MR) is 128 cm³/mol. The number of H-pyrrole nitrogens is 1. The van der Waals surface area contributed by atoms with Crippen molar-refractivity contribution >= 4 is 55.2 Å². The number of nitrogens with zero attached hydrogens (tertiary/aromatic N) is 1. The van der Waals surface area contributed by atoms with Gasteiger partial charge in [0.05, 0.1) is 11.5 Å². The molecule has 2 N–H and O–H groups in total. The number of halogens is 1. The van der Waals surface area contributed by atoms with Gasteiger partial charge in [-0.3, -0.25) is 14.3 Å². The second-order valence-corrected chi connectivity index (χ2v) is 9.78. The molecule has 1 aromatic carbocycles. The van der Waals surface area contributed by atoms with Crippen LogP contribution < -0.4 is 10.1 Å². The molecule has 0 fully saturated rings. The average Bonchev–Trinajstić information content (AvgIpc) is 2.68. The van der Waals surface area contributed by atoms with Crippen molar-refractivity contribution in [3.63, 3.8) is 0 Å². The summed E-state index contributed by atoms with van der Waals surface area (Å²) in [6, 6.07) is 3.82. The number of benzene rings is 1. The molecular formula is C18H21B3ClN2O6PS+. The predicted octanol–water partition coefficient (Wildman–Crippen LogP) is 2.91. The van der Waals surface area contributed by atoms with Crippen molar-refractivity contribution in [2.24, 2.45) is 0 Å². The highest BCUT2D eigenvalue weighted by molar-refractivity contribution is 7.71. The Balaban J connectivity index is 1.77. The first-order valence-electron chi connectivity index (χ1n) is 9.71. The van der Waals surface area contributed by atoms with Gasteiger partial charge in [0.25, 0.3) is 13.0 Å². The number of hydrogen-bond donors (Lipinski definition) is 2. The van der Waals surface area contributed by atoms with E-state index >= 15 is 0 Å². The van der Waals surface area contributed by atoms with Gasteiger partial charge in [-0.15, -0.1) is 4.52 Å². The summed E-state index contributed by atoms with van der Waals surface area (Å²) in [6.07, 6.45) is 0.667. The van der Waals surface area contributed by atoms with Crippen molar-refractivity contribution in [2.45, 2.75) is 51.7 Å². The van der Waals surface area contributed by atoms with Gasteiger partial charge in [-0.2, -0.15) is 9.42 Å². The number of aromatic amines is 1. The fourth-order valence-electron chi connectivity index (χ4n) is 3.35. The zero-order valence-electron chi connectivity index (χ0n) is 17.8. The fraction of sp³-hybridized carbons (Fsp3) is 0.444. The first-order valence-corrected chi connectivity index (χ1v) is 12.0. The maximum atomic E-state index is 11.6. The Labute approximate surface area is 200 Å². The molecule has 0 aliphatic carbocycles. The van der Waals surface area contributed by atoms with Gasteiger partial charge in [-0.05, 0) is 44.1 Å². The van der Waals surface area contributed by atoms with Crippen molar-refractivity contribution < 1.29 is 23.1 Å². The largest absolute Gasteiger partial charge is 0.618 e. The first-order chi connectivity index (χ1) is 14.9. The van der Waals surface area contributed by atoms with E-state index in [0.717, 1.165) is 16.7 Å². The summed E-state index contributed by atoms with van der Waals surface area (Å²) < 4.78 is 24.1. The summed E-state index contributed by atoms with van der Waals surface area (Å²) in [7, 11) is 9.90. The Morgan fingerprint density at radius 1 is 1.47 bits per heavy atom. The second kappa shape index (κ2) is 10.0. The van der Waals surface area contributed by atoms with Gasteiger partial charge in [0.2, 0.25) is 0 Å². The highest BCUT2D eigenvalue weighted by Gasteiger charge is 2.55. The Kier molecular flexibility index (Phi) is 7.98. The molecule has 2 aromatic rings. The molecule has 1 aliphatic heterocycles. The number of aromatic nitrogens is 2. The van der Waals surface area contributed by atoms with Crippen LogP contribution in [0.25, 0.3) is 0 Å². The molecule has 165 valence electrons. The van der Waals surface area contributed by atoms with Gasteiger partial charge in [0.15, 0.2) is 10.5 Å². The Morgan fingerprint density at radius 3 is 2.88 bits per heavy atom. The molecule has 1 aliphatic rings. The minimum Gasteiger partial charge on any atom is -0.437 e. The lowest BCUT2D eigenvalue weighted by atomic mass is 9.61. The summed E-state index contributed by atoms with van der Waals surface area (Å²) in [6.45, 7) is 5.78. The number of hydrogen-bond acceptors (Lipinski definition) is 7. The van der Waals surface area contributed by atoms with E-state index in [1.807, 2.05) is 26.0 Å². The minimum atomic E-state index is -3.90. The van der Waals surface area contributed by atoms with Gasteiger partial charge in [0.1, 0.15) is 27.3 Å². The number of aryl methyl sites for hydroxylation is 3. The lowest BCUT2D eigenvalue weighted by Crippen LogP contribution is -2.49. The molecule has 0 spiro atoms. The third-order valence-corrected chi connectivity index (χ3v) is 6.78. The number of fused-ring (bicyclic) bond motifs is 1. The lowest BCUT2D eigenvalue weighted by molar-refractivity contribution is 0.0182. The third kappa shape index (κ3) is 5.86. The van der Waals surface area contributed by atoms with Gasteiger partial charge in [0, 0.05) is 18.3 Å². The van der Waals surface area contributed by atoms with E-state index < -0.39 is 25.2 Å². The smallest absolute Gasteiger partial charge is 0.437 e. The summed E-state index contributed by atoms with van der Waals surface area (Å²) in [5, 5.41) is -2.01. The molecule has 1 aromatic heterocycles. The van der Waals surface area contributed by atoms with Crippen LogP contribution in [-0.4, -0.2) is 49.1 Å². The summed E-state index contributed by atoms with van der Waals surface area (Å²) in [4.78, 5) is 24.9. The maximum absolute atomic E-state index is 11.6. The maximum Gasteiger partial charge on any atom is 0.618 e. The molecule has 32 heavy (non-hydrogen) atoms. The zero-order valence-corrected chi connectivity index (χ0v) is 20.3. The molecule has 5 radical (unpaired) electrons. The van der Waals surface area contributed by atoms with Crippen LogP contribution in [0, 0.1) is 18.6 Å². The zero-order chi connectivity index (χ0) is 23.7. The molecule has 0 saturated heterocycles. The molecule has 2 heterocycles. The van der Waals surface area contributed by atoms with E-state index in [9.17, 15) is 9.69 Å². The number of rotatable bonds is 8. The van der Waals surface area contributed by atoms with Crippen molar-refractivity contribution in [3.05, 3.63) is 55.2 Å². The average molecular weight is 492 g/mol. The van der Waals surface area contributed by atoms with E-state index in [1.165, 1.54) is 13.7 Å². The standard InChI is InChI=1S/C18H20B3ClN2O6PS/c1-10-6-11(2)15-12(7-10)9-27-31(26,29-15)30-18(19,20)14(28-21-3)4-5-24-8-13(22)16(25)23-17(24)32/h6-8,14,26H,4-5,9H2,1-3H3/p+1. The monoisotopic (exact) mass is 492 g/mol. The Morgan fingerprint density at radius 2 is 2.19 bits per heavy atom. The number of nitrogens with one attached hydrogen (secondary N) is 1. The third-order valence-electron chi connectivity index (χ3n) is 4.76. The summed E-state index contributed by atoms with van der Waals surface area (Å²) in [5.41, 5.74) is 2.17. The van der Waals surface area contributed by atoms with Crippen LogP contribution in [-0.2, 0) is 26.9 Å². The Hall–Kier alpha value is -1.13. The van der Waals surface area contributed by atoms with Crippen LogP contribution in [0.2, 0.25) is 11.8 Å². The van der Waals surface area contributed by atoms with Crippen molar-refractivity contribution in [2.75, 3.05) is 0 Å². The van der Waals surface area contributed by atoms with E-state index in [4.69, 9.17) is 57.7 Å². The summed E-state index contributed by atoms with van der Waals surface area (Å²) >= 11 is 11.0. The molecule has 2 atom stereocenters.